The molecule has 0 saturated carbocycles. The lowest BCUT2D eigenvalue weighted by molar-refractivity contribution is 0.101. The summed E-state index contributed by atoms with van der Waals surface area (Å²) >= 11 is 0. The highest BCUT2D eigenvalue weighted by Crippen LogP contribution is 2.12. The molecule has 1 aliphatic heterocycles. The van der Waals surface area contributed by atoms with E-state index in [0.717, 1.165) is 13.0 Å². The first-order chi connectivity index (χ1) is 8.66. The SMILES string of the molecule is CC(=O)c1ccc(NC(=O)N2CC=CCC2)cc1. The molecule has 0 aromatic heterocycles. The van der Waals surface area contributed by atoms with Crippen LogP contribution in [-0.4, -0.2) is 29.8 Å². The maximum Gasteiger partial charge on any atom is 0.322 e. The zero-order valence-corrected chi connectivity index (χ0v) is 10.3. The van der Waals surface area contributed by atoms with Crippen LogP contribution in [0.25, 0.3) is 0 Å². The van der Waals surface area contributed by atoms with Crippen LogP contribution >= 0.6 is 0 Å². The van der Waals surface area contributed by atoms with Gasteiger partial charge >= 0.3 is 6.03 Å². The fourth-order valence-corrected chi connectivity index (χ4v) is 1.82. The number of Topliss-reactive ketones (excluding diaryl/α,β-unsaturated/α-hetero) is 1. The Bertz CT molecular complexity index is 477. The van der Waals surface area contributed by atoms with Crippen LogP contribution in [0.1, 0.15) is 23.7 Å². The van der Waals surface area contributed by atoms with E-state index in [1.807, 2.05) is 6.08 Å². The predicted molar refractivity (Wildman–Crippen MR) is 70.8 cm³/mol. The quantitative estimate of drug-likeness (QED) is 0.642. The lowest BCUT2D eigenvalue weighted by Crippen LogP contribution is -2.37. The van der Waals surface area contributed by atoms with Gasteiger partial charge in [0, 0.05) is 24.3 Å². The fourth-order valence-electron chi connectivity index (χ4n) is 1.82. The Morgan fingerprint density at radius 2 is 1.89 bits per heavy atom. The standard InChI is InChI=1S/C14H16N2O2/c1-11(17)12-5-7-13(8-6-12)15-14(18)16-9-3-2-4-10-16/h2-3,5-8H,4,9-10H2,1H3,(H,15,18). The van der Waals surface area contributed by atoms with Gasteiger partial charge in [-0.05, 0) is 37.6 Å². The van der Waals surface area contributed by atoms with Gasteiger partial charge in [0.15, 0.2) is 5.78 Å². The van der Waals surface area contributed by atoms with E-state index in [-0.39, 0.29) is 11.8 Å². The highest BCUT2D eigenvalue weighted by atomic mass is 16.2. The summed E-state index contributed by atoms with van der Waals surface area (Å²) in [7, 11) is 0. The molecule has 0 spiro atoms. The van der Waals surface area contributed by atoms with Gasteiger partial charge in [0.05, 0.1) is 0 Å². The summed E-state index contributed by atoms with van der Waals surface area (Å²) in [6, 6.07) is 6.82. The van der Waals surface area contributed by atoms with Gasteiger partial charge in [0.25, 0.3) is 0 Å². The van der Waals surface area contributed by atoms with Gasteiger partial charge in [-0.3, -0.25) is 4.79 Å². The largest absolute Gasteiger partial charge is 0.322 e. The Labute approximate surface area is 106 Å². The summed E-state index contributed by atoms with van der Waals surface area (Å²) < 4.78 is 0. The van der Waals surface area contributed by atoms with Crippen LogP contribution in [0.15, 0.2) is 36.4 Å². The molecule has 1 aliphatic rings. The Kier molecular flexibility index (Phi) is 3.77. The average Bonchev–Trinajstić information content (AvgIpc) is 2.40. The van der Waals surface area contributed by atoms with Crippen LogP contribution in [0.5, 0.6) is 0 Å². The third-order valence-electron chi connectivity index (χ3n) is 2.89. The third-order valence-corrected chi connectivity index (χ3v) is 2.89. The maximum atomic E-state index is 11.9. The molecule has 18 heavy (non-hydrogen) atoms. The summed E-state index contributed by atoms with van der Waals surface area (Å²) in [5.74, 6) is 0.0223. The molecule has 0 radical (unpaired) electrons. The normalized spacial score (nSPS) is 14.4. The minimum atomic E-state index is -0.102. The highest BCUT2D eigenvalue weighted by molar-refractivity contribution is 5.95. The number of nitrogens with zero attached hydrogens (tertiary/aromatic N) is 1. The number of urea groups is 1. The molecule has 4 heteroatoms. The van der Waals surface area contributed by atoms with Crippen molar-refractivity contribution in [1.82, 2.24) is 4.90 Å². The van der Waals surface area contributed by atoms with E-state index in [1.54, 1.807) is 29.2 Å². The van der Waals surface area contributed by atoms with Crippen molar-refractivity contribution in [1.29, 1.82) is 0 Å². The number of hydrogen-bond donors (Lipinski definition) is 1. The number of nitrogens with one attached hydrogen (secondary N) is 1. The summed E-state index contributed by atoms with van der Waals surface area (Å²) in [4.78, 5) is 24.8. The van der Waals surface area contributed by atoms with E-state index in [2.05, 4.69) is 11.4 Å². The van der Waals surface area contributed by atoms with E-state index >= 15 is 0 Å². The number of carbonyl (C=O) groups is 2. The Hall–Kier alpha value is -2.10. The minimum absolute atomic E-state index is 0.0223. The number of ketones is 1. The molecular formula is C14H16N2O2. The summed E-state index contributed by atoms with van der Waals surface area (Å²) in [6.07, 6.45) is 4.96. The van der Waals surface area contributed by atoms with Crippen molar-refractivity contribution in [3.8, 4) is 0 Å². The second-order valence-corrected chi connectivity index (χ2v) is 4.27. The van der Waals surface area contributed by atoms with Crippen LogP contribution < -0.4 is 5.32 Å². The fraction of sp³-hybridized carbons (Fsp3) is 0.286. The Morgan fingerprint density at radius 1 is 1.17 bits per heavy atom. The number of carbonyl (C=O) groups excluding carboxylic acids is 2. The van der Waals surface area contributed by atoms with Crippen molar-refractivity contribution in [2.75, 3.05) is 18.4 Å². The van der Waals surface area contributed by atoms with Gasteiger partial charge < -0.3 is 10.2 Å². The van der Waals surface area contributed by atoms with Gasteiger partial charge in [-0.2, -0.15) is 0 Å². The zero-order valence-electron chi connectivity index (χ0n) is 10.3. The van der Waals surface area contributed by atoms with Crippen LogP contribution in [0, 0.1) is 0 Å². The van der Waals surface area contributed by atoms with Gasteiger partial charge in [-0.25, -0.2) is 4.79 Å². The molecule has 0 saturated heterocycles. The van der Waals surface area contributed by atoms with E-state index in [0.29, 0.717) is 17.8 Å². The monoisotopic (exact) mass is 244 g/mol. The third kappa shape index (κ3) is 2.97. The molecular weight excluding hydrogens is 228 g/mol. The molecule has 2 rings (SSSR count). The minimum Gasteiger partial charge on any atom is -0.321 e. The van der Waals surface area contributed by atoms with E-state index in [1.165, 1.54) is 6.92 Å². The molecule has 0 bridgehead atoms. The molecule has 1 heterocycles. The molecule has 0 atom stereocenters. The average molecular weight is 244 g/mol. The molecule has 1 N–H and O–H groups in total. The molecule has 94 valence electrons. The van der Waals surface area contributed by atoms with Crippen molar-refractivity contribution in [2.45, 2.75) is 13.3 Å². The molecule has 1 aromatic rings. The highest BCUT2D eigenvalue weighted by Gasteiger charge is 2.13. The second kappa shape index (κ2) is 5.49. The van der Waals surface area contributed by atoms with Crippen molar-refractivity contribution in [3.63, 3.8) is 0 Å². The molecule has 0 aliphatic carbocycles. The number of anilines is 1. The topological polar surface area (TPSA) is 49.4 Å². The Balaban J connectivity index is 1.98. The van der Waals surface area contributed by atoms with Crippen molar-refractivity contribution < 1.29 is 9.59 Å². The first kappa shape index (κ1) is 12.4. The van der Waals surface area contributed by atoms with E-state index in [4.69, 9.17) is 0 Å². The molecule has 0 unspecified atom stereocenters. The molecule has 2 amide bonds. The summed E-state index contributed by atoms with van der Waals surface area (Å²) in [6.45, 7) is 2.92. The molecule has 1 aromatic carbocycles. The van der Waals surface area contributed by atoms with Gasteiger partial charge in [-0.1, -0.05) is 12.2 Å². The predicted octanol–water partition coefficient (Wildman–Crippen LogP) is 2.68. The number of rotatable bonds is 2. The summed E-state index contributed by atoms with van der Waals surface area (Å²) in [5, 5.41) is 2.82. The second-order valence-electron chi connectivity index (χ2n) is 4.27. The van der Waals surface area contributed by atoms with Crippen molar-refractivity contribution in [2.24, 2.45) is 0 Å². The van der Waals surface area contributed by atoms with Crippen molar-refractivity contribution in [3.05, 3.63) is 42.0 Å². The van der Waals surface area contributed by atoms with Gasteiger partial charge in [0.1, 0.15) is 0 Å². The van der Waals surface area contributed by atoms with E-state index in [9.17, 15) is 9.59 Å². The molecule has 4 nitrogen and oxygen atoms in total. The number of hydrogen-bond acceptors (Lipinski definition) is 2. The zero-order chi connectivity index (χ0) is 13.0. The van der Waals surface area contributed by atoms with Crippen LogP contribution in [0.2, 0.25) is 0 Å². The molecule has 0 fully saturated rings. The van der Waals surface area contributed by atoms with Gasteiger partial charge in [-0.15, -0.1) is 0 Å². The lowest BCUT2D eigenvalue weighted by atomic mass is 10.1. The van der Waals surface area contributed by atoms with Crippen LogP contribution in [0.4, 0.5) is 10.5 Å². The number of amides is 2. The summed E-state index contributed by atoms with van der Waals surface area (Å²) in [5.41, 5.74) is 1.36. The van der Waals surface area contributed by atoms with Crippen LogP contribution in [0.3, 0.4) is 0 Å². The van der Waals surface area contributed by atoms with E-state index < -0.39 is 0 Å². The first-order valence-electron chi connectivity index (χ1n) is 5.99. The van der Waals surface area contributed by atoms with Crippen molar-refractivity contribution >= 4 is 17.5 Å². The van der Waals surface area contributed by atoms with Gasteiger partial charge in [0.2, 0.25) is 0 Å². The lowest BCUT2D eigenvalue weighted by Gasteiger charge is -2.23. The smallest absolute Gasteiger partial charge is 0.321 e. The van der Waals surface area contributed by atoms with Crippen LogP contribution in [-0.2, 0) is 0 Å². The number of benzene rings is 1. The first-order valence-corrected chi connectivity index (χ1v) is 5.99. The Morgan fingerprint density at radius 3 is 2.44 bits per heavy atom. The maximum absolute atomic E-state index is 11.9.